The Morgan fingerprint density at radius 2 is 2.17 bits per heavy atom. The normalized spacial score (nSPS) is 16.8. The van der Waals surface area contributed by atoms with E-state index in [9.17, 15) is 4.79 Å². The van der Waals surface area contributed by atoms with Crippen molar-refractivity contribution >= 4 is 5.91 Å². The van der Waals surface area contributed by atoms with Gasteiger partial charge in [0.15, 0.2) is 0 Å². The highest BCUT2D eigenvalue weighted by atomic mass is 16.5. The van der Waals surface area contributed by atoms with Crippen molar-refractivity contribution in [1.82, 2.24) is 9.88 Å². The van der Waals surface area contributed by atoms with Gasteiger partial charge in [0.05, 0.1) is 7.11 Å². The molecule has 3 rings (SSSR count). The maximum absolute atomic E-state index is 12.9. The topological polar surface area (TPSA) is 51.7 Å². The molecule has 1 unspecified atom stereocenters. The van der Waals surface area contributed by atoms with E-state index in [1.165, 1.54) is 0 Å². The maximum atomic E-state index is 12.9. The fourth-order valence-corrected chi connectivity index (χ4v) is 2.94. The van der Waals surface area contributed by atoms with Crippen LogP contribution in [-0.2, 0) is 22.6 Å². The van der Waals surface area contributed by atoms with E-state index in [4.69, 9.17) is 9.47 Å². The minimum atomic E-state index is -0.337. The summed E-state index contributed by atoms with van der Waals surface area (Å²) in [6, 6.07) is 11.6. The van der Waals surface area contributed by atoms with Crippen molar-refractivity contribution in [2.75, 3.05) is 13.7 Å². The Morgan fingerprint density at radius 3 is 2.88 bits per heavy atom. The van der Waals surface area contributed by atoms with Crippen molar-refractivity contribution in [2.24, 2.45) is 0 Å². The van der Waals surface area contributed by atoms with Crippen LogP contribution in [0.1, 0.15) is 24.0 Å². The molecule has 0 radical (unpaired) electrons. The van der Waals surface area contributed by atoms with Crippen LogP contribution < -0.4 is 4.74 Å². The molecule has 2 heterocycles. The maximum Gasteiger partial charge on any atom is 0.252 e. The van der Waals surface area contributed by atoms with Crippen molar-refractivity contribution in [3.8, 4) is 5.75 Å². The number of pyridine rings is 1. The van der Waals surface area contributed by atoms with E-state index in [0.717, 1.165) is 29.7 Å². The average Bonchev–Trinajstić information content (AvgIpc) is 3.16. The van der Waals surface area contributed by atoms with E-state index in [2.05, 4.69) is 4.98 Å². The van der Waals surface area contributed by atoms with Crippen LogP contribution in [0.4, 0.5) is 0 Å². The van der Waals surface area contributed by atoms with Crippen molar-refractivity contribution in [2.45, 2.75) is 32.0 Å². The summed E-state index contributed by atoms with van der Waals surface area (Å²) in [5.41, 5.74) is 1.98. The Kier molecular flexibility index (Phi) is 5.43. The highest BCUT2D eigenvalue weighted by molar-refractivity contribution is 5.81. The molecule has 24 heavy (non-hydrogen) atoms. The Labute approximate surface area is 142 Å². The molecule has 126 valence electrons. The van der Waals surface area contributed by atoms with Crippen molar-refractivity contribution in [3.63, 3.8) is 0 Å². The van der Waals surface area contributed by atoms with Gasteiger partial charge in [-0.25, -0.2) is 0 Å². The summed E-state index contributed by atoms with van der Waals surface area (Å²) in [5.74, 6) is 0.816. The predicted octanol–water partition coefficient (Wildman–Crippen LogP) is 2.80. The number of methoxy groups -OCH3 is 1. The van der Waals surface area contributed by atoms with Gasteiger partial charge in [0.2, 0.25) is 0 Å². The van der Waals surface area contributed by atoms with E-state index in [1.807, 2.05) is 41.3 Å². The number of ether oxygens (including phenoxy) is 2. The molecule has 0 bridgehead atoms. The number of benzene rings is 1. The molecule has 2 aromatic rings. The Morgan fingerprint density at radius 1 is 1.29 bits per heavy atom. The van der Waals surface area contributed by atoms with Gasteiger partial charge >= 0.3 is 0 Å². The van der Waals surface area contributed by atoms with Crippen LogP contribution in [0.5, 0.6) is 5.75 Å². The van der Waals surface area contributed by atoms with E-state index < -0.39 is 0 Å². The monoisotopic (exact) mass is 326 g/mol. The molecule has 1 aliphatic heterocycles. The molecule has 1 fully saturated rings. The molecule has 1 atom stereocenters. The summed E-state index contributed by atoms with van der Waals surface area (Å²) in [6.07, 6.45) is 4.91. The van der Waals surface area contributed by atoms with Crippen molar-refractivity contribution in [1.29, 1.82) is 0 Å². The van der Waals surface area contributed by atoms with Gasteiger partial charge in [0.1, 0.15) is 11.9 Å². The second kappa shape index (κ2) is 7.93. The van der Waals surface area contributed by atoms with Crippen LogP contribution in [0.3, 0.4) is 0 Å². The quantitative estimate of drug-likeness (QED) is 0.819. The third-order valence-electron chi connectivity index (χ3n) is 4.17. The zero-order valence-corrected chi connectivity index (χ0v) is 13.9. The zero-order valence-electron chi connectivity index (χ0n) is 13.9. The van der Waals surface area contributed by atoms with Gasteiger partial charge < -0.3 is 14.4 Å². The van der Waals surface area contributed by atoms with Gasteiger partial charge in [-0.3, -0.25) is 9.78 Å². The van der Waals surface area contributed by atoms with Crippen molar-refractivity contribution in [3.05, 3.63) is 59.9 Å². The molecule has 1 aromatic carbocycles. The lowest BCUT2D eigenvalue weighted by Gasteiger charge is -2.26. The Hall–Kier alpha value is -2.40. The van der Waals surface area contributed by atoms with Gasteiger partial charge in [-0.2, -0.15) is 0 Å². The summed E-state index contributed by atoms with van der Waals surface area (Å²) in [7, 11) is 1.65. The SMILES string of the molecule is COc1ccccc1CN(Cc1cccnc1)C(=O)C1CCCO1. The lowest BCUT2D eigenvalue weighted by Crippen LogP contribution is -2.38. The molecule has 0 saturated carbocycles. The fourth-order valence-electron chi connectivity index (χ4n) is 2.94. The Bertz CT molecular complexity index is 669. The summed E-state index contributed by atoms with van der Waals surface area (Å²) in [4.78, 5) is 18.9. The molecule has 1 saturated heterocycles. The van der Waals surface area contributed by atoms with Gasteiger partial charge in [0.25, 0.3) is 5.91 Å². The first-order valence-corrected chi connectivity index (χ1v) is 8.19. The van der Waals surface area contributed by atoms with Crippen LogP contribution in [0.2, 0.25) is 0 Å². The molecule has 5 nitrogen and oxygen atoms in total. The number of amides is 1. The van der Waals surface area contributed by atoms with E-state index >= 15 is 0 Å². The molecule has 0 N–H and O–H groups in total. The van der Waals surface area contributed by atoms with Crippen LogP contribution in [0.15, 0.2) is 48.8 Å². The highest BCUT2D eigenvalue weighted by Crippen LogP contribution is 2.23. The average molecular weight is 326 g/mol. The summed E-state index contributed by atoms with van der Waals surface area (Å²) in [6.45, 7) is 1.65. The summed E-state index contributed by atoms with van der Waals surface area (Å²) < 4.78 is 11.0. The fraction of sp³-hybridized carbons (Fsp3) is 0.368. The standard InChI is InChI=1S/C19H22N2O3/c1-23-17-8-3-2-7-16(17)14-21(13-15-6-4-10-20-12-15)19(22)18-9-5-11-24-18/h2-4,6-8,10,12,18H,5,9,11,13-14H2,1H3. The van der Waals surface area contributed by atoms with Crippen LogP contribution >= 0.6 is 0 Å². The number of aromatic nitrogens is 1. The number of nitrogens with zero attached hydrogens (tertiary/aromatic N) is 2. The number of carbonyl (C=O) groups excluding carboxylic acids is 1. The van der Waals surface area contributed by atoms with Gasteiger partial charge in [-0.1, -0.05) is 24.3 Å². The third kappa shape index (κ3) is 3.92. The lowest BCUT2D eigenvalue weighted by atomic mass is 10.1. The molecule has 0 spiro atoms. The van der Waals surface area contributed by atoms with E-state index in [-0.39, 0.29) is 12.0 Å². The number of carbonyl (C=O) groups is 1. The smallest absolute Gasteiger partial charge is 0.252 e. The first-order chi connectivity index (χ1) is 11.8. The molecule has 0 aliphatic carbocycles. The molecule has 5 heteroatoms. The molecule has 1 aliphatic rings. The predicted molar refractivity (Wildman–Crippen MR) is 90.5 cm³/mol. The minimum Gasteiger partial charge on any atom is -0.496 e. The van der Waals surface area contributed by atoms with Crippen LogP contribution in [0, 0.1) is 0 Å². The molecule has 1 aromatic heterocycles. The highest BCUT2D eigenvalue weighted by Gasteiger charge is 2.28. The molecular weight excluding hydrogens is 304 g/mol. The zero-order chi connectivity index (χ0) is 16.8. The van der Waals surface area contributed by atoms with Gasteiger partial charge in [-0.15, -0.1) is 0 Å². The minimum absolute atomic E-state index is 0.0299. The van der Waals surface area contributed by atoms with Crippen LogP contribution in [0.25, 0.3) is 0 Å². The van der Waals surface area contributed by atoms with Gasteiger partial charge in [-0.05, 0) is 30.5 Å². The Balaban J connectivity index is 1.82. The van der Waals surface area contributed by atoms with Crippen LogP contribution in [-0.4, -0.2) is 35.6 Å². The molecule has 1 amide bonds. The van der Waals surface area contributed by atoms with Crippen molar-refractivity contribution < 1.29 is 14.3 Å². The summed E-state index contributed by atoms with van der Waals surface area (Å²) in [5, 5.41) is 0. The summed E-state index contributed by atoms with van der Waals surface area (Å²) >= 11 is 0. The van der Waals surface area contributed by atoms with Gasteiger partial charge in [0, 0.05) is 37.7 Å². The second-order valence-corrected chi connectivity index (χ2v) is 5.87. The lowest BCUT2D eigenvalue weighted by molar-refractivity contribution is -0.142. The number of hydrogen-bond acceptors (Lipinski definition) is 4. The first kappa shape index (κ1) is 16.5. The van der Waals surface area contributed by atoms with E-state index in [1.54, 1.807) is 19.5 Å². The first-order valence-electron chi connectivity index (χ1n) is 8.19. The number of para-hydroxylation sites is 1. The number of rotatable bonds is 6. The molecular formula is C19H22N2O3. The largest absolute Gasteiger partial charge is 0.496 e. The third-order valence-corrected chi connectivity index (χ3v) is 4.17. The number of hydrogen-bond donors (Lipinski definition) is 0. The van der Waals surface area contributed by atoms with E-state index in [0.29, 0.717) is 19.7 Å². The second-order valence-electron chi connectivity index (χ2n) is 5.87.